The molecule has 1 fully saturated rings. The van der Waals surface area contributed by atoms with Gasteiger partial charge in [-0.15, -0.1) is 0 Å². The van der Waals surface area contributed by atoms with Crippen LogP contribution in [0.1, 0.15) is 30.7 Å². The fourth-order valence-electron chi connectivity index (χ4n) is 2.85. The fraction of sp³-hybridized carbons (Fsp3) is 0.562. The lowest BCUT2D eigenvalue weighted by molar-refractivity contribution is -0.161. The largest absolute Gasteiger partial charge is 0.396 e. The van der Waals surface area contributed by atoms with Crippen LogP contribution >= 0.6 is 0 Å². The van der Waals surface area contributed by atoms with Gasteiger partial charge in [-0.25, -0.2) is 0 Å². The predicted molar refractivity (Wildman–Crippen MR) is 78.5 cm³/mol. The number of hydrogen-bond donors (Lipinski definition) is 1. The summed E-state index contributed by atoms with van der Waals surface area (Å²) < 4.78 is 39.9. The maximum atomic E-state index is 13.3. The average Bonchev–Trinajstić information content (AvgIpc) is 2.52. The Morgan fingerprint density at radius 3 is 2.64 bits per heavy atom. The number of rotatable bonds is 4. The zero-order valence-corrected chi connectivity index (χ0v) is 12.6. The van der Waals surface area contributed by atoms with Crippen molar-refractivity contribution in [1.82, 2.24) is 10.2 Å². The van der Waals surface area contributed by atoms with E-state index in [9.17, 15) is 18.0 Å². The monoisotopic (exact) mass is 314 g/mol. The number of hydrogen-bond acceptors (Lipinski definition) is 2. The van der Waals surface area contributed by atoms with Crippen LogP contribution in [0.5, 0.6) is 0 Å². The molecule has 2 atom stereocenters. The third kappa shape index (κ3) is 4.22. The highest BCUT2D eigenvalue weighted by molar-refractivity contribution is 5.77. The Morgan fingerprint density at radius 1 is 1.36 bits per heavy atom. The number of alkyl halides is 3. The van der Waals surface area contributed by atoms with Crippen molar-refractivity contribution in [3.8, 4) is 0 Å². The van der Waals surface area contributed by atoms with Crippen molar-refractivity contribution < 1.29 is 18.0 Å². The van der Waals surface area contributed by atoms with E-state index >= 15 is 0 Å². The average molecular weight is 314 g/mol. The summed E-state index contributed by atoms with van der Waals surface area (Å²) in [6.45, 7) is 1.02. The van der Waals surface area contributed by atoms with Gasteiger partial charge in [0.15, 0.2) is 0 Å². The Labute approximate surface area is 128 Å². The second-order valence-electron chi connectivity index (χ2n) is 5.68. The summed E-state index contributed by atoms with van der Waals surface area (Å²) in [4.78, 5) is 13.8. The molecule has 3 nitrogen and oxygen atoms in total. The van der Waals surface area contributed by atoms with Crippen LogP contribution in [-0.2, 0) is 4.79 Å². The number of carbonyl (C=O) groups is 1. The maximum absolute atomic E-state index is 13.3. The van der Waals surface area contributed by atoms with Crippen LogP contribution in [0.3, 0.4) is 0 Å². The lowest BCUT2D eigenvalue weighted by Crippen LogP contribution is -2.47. The number of carbonyl (C=O) groups excluding carboxylic acids is 1. The molecular formula is C16H21F3N2O. The summed E-state index contributed by atoms with van der Waals surface area (Å²) in [5.74, 6) is -2.16. The molecule has 0 bridgehead atoms. The molecule has 1 aliphatic heterocycles. The molecule has 1 aliphatic rings. The number of benzene rings is 1. The lowest BCUT2D eigenvalue weighted by Gasteiger charge is -2.33. The quantitative estimate of drug-likeness (QED) is 0.927. The van der Waals surface area contributed by atoms with E-state index in [4.69, 9.17) is 0 Å². The topological polar surface area (TPSA) is 32.3 Å². The first kappa shape index (κ1) is 16.8. The summed E-state index contributed by atoms with van der Waals surface area (Å²) in [6, 6.07) is 7.82. The first-order chi connectivity index (χ1) is 10.4. The van der Waals surface area contributed by atoms with Crippen molar-refractivity contribution >= 4 is 5.91 Å². The minimum atomic E-state index is -4.42. The normalized spacial score (nSPS) is 20.7. The highest BCUT2D eigenvalue weighted by atomic mass is 19.4. The van der Waals surface area contributed by atoms with Gasteiger partial charge in [-0.3, -0.25) is 4.79 Å². The molecule has 0 radical (unpaired) electrons. The van der Waals surface area contributed by atoms with Crippen LogP contribution in [0.2, 0.25) is 0 Å². The Morgan fingerprint density at radius 2 is 2.05 bits per heavy atom. The van der Waals surface area contributed by atoms with E-state index < -0.39 is 24.4 Å². The molecule has 22 heavy (non-hydrogen) atoms. The molecule has 0 spiro atoms. The molecule has 0 saturated carbocycles. The fourth-order valence-corrected chi connectivity index (χ4v) is 2.85. The highest BCUT2D eigenvalue weighted by Crippen LogP contribution is 2.37. The summed E-state index contributed by atoms with van der Waals surface area (Å²) in [5, 5.41) is 3.09. The van der Waals surface area contributed by atoms with E-state index in [0.29, 0.717) is 13.1 Å². The van der Waals surface area contributed by atoms with Crippen molar-refractivity contribution in [2.75, 3.05) is 20.1 Å². The molecule has 1 aromatic carbocycles. The third-order valence-electron chi connectivity index (χ3n) is 4.16. The number of halogens is 3. The highest BCUT2D eigenvalue weighted by Gasteiger charge is 2.42. The van der Waals surface area contributed by atoms with E-state index in [1.807, 2.05) is 0 Å². The Kier molecular flexibility index (Phi) is 5.45. The molecule has 6 heteroatoms. The number of likely N-dealkylation sites (N-methyl/N-ethyl adjacent to an activating group) is 1. The number of likely N-dealkylation sites (tertiary alicyclic amines) is 1. The van der Waals surface area contributed by atoms with E-state index in [1.54, 1.807) is 30.1 Å². The zero-order chi connectivity index (χ0) is 16.2. The SMILES string of the molecule is CNC1CCCN(C(=O)CC(c2ccccc2)C(F)(F)F)C1. The lowest BCUT2D eigenvalue weighted by atomic mass is 9.94. The van der Waals surface area contributed by atoms with Gasteiger partial charge in [0, 0.05) is 25.6 Å². The molecule has 1 N–H and O–H groups in total. The van der Waals surface area contributed by atoms with Crippen molar-refractivity contribution in [3.05, 3.63) is 35.9 Å². The van der Waals surface area contributed by atoms with Crippen molar-refractivity contribution in [1.29, 1.82) is 0 Å². The van der Waals surface area contributed by atoms with Gasteiger partial charge in [0.1, 0.15) is 0 Å². The second kappa shape index (κ2) is 7.13. The van der Waals surface area contributed by atoms with Crippen molar-refractivity contribution in [3.63, 3.8) is 0 Å². The van der Waals surface area contributed by atoms with E-state index in [1.165, 1.54) is 12.1 Å². The van der Waals surface area contributed by atoms with Gasteiger partial charge in [-0.2, -0.15) is 13.2 Å². The molecule has 1 heterocycles. The van der Waals surface area contributed by atoms with Gasteiger partial charge in [0.05, 0.1) is 5.92 Å². The molecule has 1 aromatic rings. The Hall–Kier alpha value is -1.56. The van der Waals surface area contributed by atoms with Crippen molar-refractivity contribution in [2.45, 2.75) is 37.4 Å². The van der Waals surface area contributed by atoms with Crippen LogP contribution in [0.4, 0.5) is 13.2 Å². The molecular weight excluding hydrogens is 293 g/mol. The Balaban J connectivity index is 2.09. The molecule has 122 valence electrons. The van der Waals surface area contributed by atoms with Gasteiger partial charge in [0.25, 0.3) is 0 Å². The van der Waals surface area contributed by atoms with Crippen LogP contribution in [0.25, 0.3) is 0 Å². The summed E-state index contributed by atoms with van der Waals surface area (Å²) in [6.07, 6.45) is -3.18. The molecule has 0 aliphatic carbocycles. The minimum Gasteiger partial charge on any atom is -0.341 e. The first-order valence-electron chi connectivity index (χ1n) is 7.48. The van der Waals surface area contributed by atoms with Crippen molar-refractivity contribution in [2.24, 2.45) is 0 Å². The maximum Gasteiger partial charge on any atom is 0.396 e. The smallest absolute Gasteiger partial charge is 0.341 e. The van der Waals surface area contributed by atoms with E-state index in [0.717, 1.165) is 12.8 Å². The standard InChI is InChI=1S/C16H21F3N2O/c1-20-13-8-5-9-21(11-13)15(22)10-14(16(17,18)19)12-6-3-2-4-7-12/h2-4,6-7,13-14,20H,5,8-11H2,1H3. The van der Waals surface area contributed by atoms with E-state index in [2.05, 4.69) is 5.32 Å². The molecule has 0 aromatic heterocycles. The predicted octanol–water partition coefficient (Wildman–Crippen LogP) is 2.93. The van der Waals surface area contributed by atoms with Crippen LogP contribution < -0.4 is 5.32 Å². The van der Waals surface area contributed by atoms with Gasteiger partial charge in [-0.1, -0.05) is 30.3 Å². The number of piperidine rings is 1. The van der Waals surface area contributed by atoms with Gasteiger partial charge in [0.2, 0.25) is 5.91 Å². The van der Waals surface area contributed by atoms with E-state index in [-0.39, 0.29) is 11.6 Å². The van der Waals surface area contributed by atoms with Gasteiger partial charge in [-0.05, 0) is 25.5 Å². The molecule has 2 rings (SSSR count). The van der Waals surface area contributed by atoms with Gasteiger partial charge < -0.3 is 10.2 Å². The van der Waals surface area contributed by atoms with Crippen LogP contribution in [-0.4, -0.2) is 43.2 Å². The summed E-state index contributed by atoms with van der Waals surface area (Å²) in [7, 11) is 1.81. The van der Waals surface area contributed by atoms with Crippen LogP contribution in [0.15, 0.2) is 30.3 Å². The zero-order valence-electron chi connectivity index (χ0n) is 12.6. The summed E-state index contributed by atoms with van der Waals surface area (Å²) >= 11 is 0. The summed E-state index contributed by atoms with van der Waals surface area (Å²) in [5.41, 5.74) is 0.144. The first-order valence-corrected chi connectivity index (χ1v) is 7.48. The molecule has 2 unspecified atom stereocenters. The van der Waals surface area contributed by atoms with Gasteiger partial charge >= 0.3 is 6.18 Å². The van der Waals surface area contributed by atoms with Crippen LogP contribution in [0, 0.1) is 0 Å². The number of nitrogens with one attached hydrogen (secondary N) is 1. The molecule has 1 saturated heterocycles. The Bertz CT molecular complexity index is 490. The molecule has 1 amide bonds. The minimum absolute atomic E-state index is 0.144. The second-order valence-corrected chi connectivity index (χ2v) is 5.68. The number of nitrogens with zero attached hydrogens (tertiary/aromatic N) is 1. The number of amides is 1. The third-order valence-corrected chi connectivity index (χ3v) is 4.16.